The number of aliphatic imine (C=N–C) groups is 1. The second kappa shape index (κ2) is 13.7. The fraction of sp³-hybridized carbons (Fsp3) is 0.636. The highest BCUT2D eigenvalue weighted by atomic mass is 127. The van der Waals surface area contributed by atoms with Gasteiger partial charge in [0.05, 0.1) is 0 Å². The predicted molar refractivity (Wildman–Crippen MR) is 135 cm³/mol. The Kier molecular flexibility index (Phi) is 12.1. The molecule has 0 unspecified atom stereocenters. The first kappa shape index (κ1) is 26.5. The predicted octanol–water partition coefficient (Wildman–Crippen LogP) is 2.50. The van der Waals surface area contributed by atoms with Crippen LogP contribution in [0.15, 0.2) is 23.2 Å². The largest absolute Gasteiger partial charge is 0.382 e. The van der Waals surface area contributed by atoms with Crippen molar-refractivity contribution in [3.8, 4) is 0 Å². The number of hydrogen-bond donors (Lipinski definition) is 1. The molecule has 0 atom stereocenters. The van der Waals surface area contributed by atoms with Crippen LogP contribution in [-0.2, 0) is 9.53 Å². The third-order valence-electron chi connectivity index (χ3n) is 5.31. The molecule has 1 saturated heterocycles. The zero-order valence-electron chi connectivity index (χ0n) is 19.1. The molecule has 1 aliphatic rings. The van der Waals surface area contributed by atoms with Gasteiger partial charge in [0.25, 0.3) is 0 Å². The number of guanidine groups is 1. The molecule has 8 heteroatoms. The van der Waals surface area contributed by atoms with Crippen LogP contribution in [0.2, 0.25) is 0 Å². The number of piperazine rings is 1. The lowest BCUT2D eigenvalue weighted by atomic mass is 10.1. The molecule has 1 heterocycles. The van der Waals surface area contributed by atoms with E-state index < -0.39 is 0 Å². The maximum Gasteiger partial charge on any atom is 0.243 e. The molecule has 0 aromatic heterocycles. The van der Waals surface area contributed by atoms with Crippen LogP contribution in [0.5, 0.6) is 0 Å². The van der Waals surface area contributed by atoms with Crippen molar-refractivity contribution < 1.29 is 9.53 Å². The van der Waals surface area contributed by atoms with Gasteiger partial charge >= 0.3 is 0 Å². The fourth-order valence-electron chi connectivity index (χ4n) is 3.31. The van der Waals surface area contributed by atoms with Crippen LogP contribution in [0.1, 0.15) is 24.5 Å². The number of anilines is 1. The van der Waals surface area contributed by atoms with Crippen molar-refractivity contribution in [2.75, 3.05) is 71.5 Å². The van der Waals surface area contributed by atoms with E-state index in [9.17, 15) is 4.79 Å². The number of benzene rings is 1. The molecule has 7 nitrogen and oxygen atoms in total. The number of amides is 1. The molecular weight excluding hydrogens is 493 g/mol. The number of nitrogens with one attached hydrogen (secondary N) is 1. The van der Waals surface area contributed by atoms with E-state index in [2.05, 4.69) is 52.2 Å². The summed E-state index contributed by atoms with van der Waals surface area (Å²) in [6, 6.07) is 6.49. The van der Waals surface area contributed by atoms with Crippen molar-refractivity contribution in [2.24, 2.45) is 4.99 Å². The lowest BCUT2D eigenvalue weighted by molar-refractivity contribution is -0.127. The monoisotopic (exact) mass is 531 g/mol. The van der Waals surface area contributed by atoms with E-state index in [1.54, 1.807) is 19.0 Å². The van der Waals surface area contributed by atoms with Gasteiger partial charge in [0.1, 0.15) is 6.54 Å². The molecule has 0 saturated carbocycles. The van der Waals surface area contributed by atoms with Crippen LogP contribution in [-0.4, -0.2) is 88.2 Å². The van der Waals surface area contributed by atoms with Crippen LogP contribution < -0.4 is 10.2 Å². The number of carbonyl (C=O) groups excluding carboxylic acids is 1. The van der Waals surface area contributed by atoms with Gasteiger partial charge < -0.3 is 24.8 Å². The molecular formula is C22H38IN5O2. The minimum atomic E-state index is 0. The molecule has 30 heavy (non-hydrogen) atoms. The molecule has 0 aliphatic carbocycles. The van der Waals surface area contributed by atoms with Gasteiger partial charge in [-0.2, -0.15) is 0 Å². The van der Waals surface area contributed by atoms with E-state index in [0.29, 0.717) is 0 Å². The van der Waals surface area contributed by atoms with Crippen LogP contribution in [0.3, 0.4) is 0 Å². The SMILES string of the molecule is CCOCCCNC(=NCC(=O)N(C)C)N1CCN(c2cccc(C)c2C)CC1.I. The number of halogens is 1. The topological polar surface area (TPSA) is 60.4 Å². The maximum atomic E-state index is 12.0. The highest BCUT2D eigenvalue weighted by Crippen LogP contribution is 2.23. The summed E-state index contributed by atoms with van der Waals surface area (Å²) in [6.45, 7) is 12.4. The molecule has 0 radical (unpaired) electrons. The zero-order valence-corrected chi connectivity index (χ0v) is 21.4. The minimum Gasteiger partial charge on any atom is -0.382 e. The summed E-state index contributed by atoms with van der Waals surface area (Å²) in [4.78, 5) is 22.9. The quantitative estimate of drug-likeness (QED) is 0.242. The Bertz CT molecular complexity index is 688. The van der Waals surface area contributed by atoms with E-state index in [1.165, 1.54) is 16.8 Å². The standard InChI is InChI=1S/C22H37N5O2.HI/c1-6-29-16-8-11-23-22(24-17-21(28)25(4)5)27-14-12-26(13-15-27)20-10-7-9-18(2)19(20)3;/h7,9-10H,6,8,11-17H2,1-5H3,(H,23,24);1H. The van der Waals surface area contributed by atoms with Crippen molar-refractivity contribution in [3.05, 3.63) is 29.3 Å². The normalized spacial score (nSPS) is 14.4. The van der Waals surface area contributed by atoms with E-state index in [1.807, 2.05) is 6.92 Å². The van der Waals surface area contributed by atoms with Crippen LogP contribution in [0, 0.1) is 13.8 Å². The lowest BCUT2D eigenvalue weighted by Crippen LogP contribution is -2.53. The van der Waals surface area contributed by atoms with Gasteiger partial charge in [-0.15, -0.1) is 24.0 Å². The second-order valence-electron chi connectivity index (χ2n) is 7.60. The highest BCUT2D eigenvalue weighted by Gasteiger charge is 2.21. The molecule has 1 amide bonds. The molecule has 1 fully saturated rings. The Morgan fingerprint density at radius 3 is 2.53 bits per heavy atom. The number of rotatable bonds is 8. The van der Waals surface area contributed by atoms with E-state index in [4.69, 9.17) is 4.74 Å². The average Bonchev–Trinajstić information content (AvgIpc) is 2.72. The Balaban J connectivity index is 0.00000450. The number of nitrogens with zero attached hydrogens (tertiary/aromatic N) is 4. The first-order valence-corrected chi connectivity index (χ1v) is 10.6. The molecule has 1 aromatic rings. The molecule has 0 spiro atoms. The van der Waals surface area contributed by atoms with Gasteiger partial charge in [-0.05, 0) is 44.4 Å². The first-order valence-electron chi connectivity index (χ1n) is 10.6. The van der Waals surface area contributed by atoms with Crippen LogP contribution >= 0.6 is 24.0 Å². The third kappa shape index (κ3) is 7.94. The number of carbonyl (C=O) groups is 1. The first-order chi connectivity index (χ1) is 13.9. The van der Waals surface area contributed by atoms with Gasteiger partial charge in [0.15, 0.2) is 5.96 Å². The van der Waals surface area contributed by atoms with Gasteiger partial charge in [-0.3, -0.25) is 4.79 Å². The van der Waals surface area contributed by atoms with Crippen molar-refractivity contribution >= 4 is 41.5 Å². The van der Waals surface area contributed by atoms with Gasteiger partial charge in [0.2, 0.25) is 5.91 Å². The molecule has 1 aromatic carbocycles. The molecule has 170 valence electrons. The average molecular weight is 531 g/mol. The lowest BCUT2D eigenvalue weighted by Gasteiger charge is -2.38. The number of aryl methyl sites for hydroxylation is 1. The van der Waals surface area contributed by atoms with Gasteiger partial charge in [-0.25, -0.2) is 4.99 Å². The number of likely N-dealkylation sites (N-methyl/N-ethyl adjacent to an activating group) is 1. The number of ether oxygens (including phenoxy) is 1. The Labute approximate surface area is 198 Å². The maximum absolute atomic E-state index is 12.0. The van der Waals surface area contributed by atoms with Crippen molar-refractivity contribution in [3.63, 3.8) is 0 Å². The molecule has 1 N–H and O–H groups in total. The summed E-state index contributed by atoms with van der Waals surface area (Å²) in [5, 5.41) is 3.42. The van der Waals surface area contributed by atoms with E-state index in [-0.39, 0.29) is 36.4 Å². The van der Waals surface area contributed by atoms with E-state index in [0.717, 1.165) is 58.3 Å². The summed E-state index contributed by atoms with van der Waals surface area (Å²) >= 11 is 0. The Morgan fingerprint density at radius 1 is 1.20 bits per heavy atom. The minimum absolute atomic E-state index is 0. The Hall–Kier alpha value is -1.55. The van der Waals surface area contributed by atoms with Crippen molar-refractivity contribution in [1.29, 1.82) is 0 Å². The smallest absolute Gasteiger partial charge is 0.243 e. The summed E-state index contributed by atoms with van der Waals surface area (Å²) in [5.41, 5.74) is 3.99. The molecule has 2 rings (SSSR count). The Morgan fingerprint density at radius 2 is 1.90 bits per heavy atom. The summed E-state index contributed by atoms with van der Waals surface area (Å²) in [5.74, 6) is 0.824. The van der Waals surface area contributed by atoms with Crippen molar-refractivity contribution in [1.82, 2.24) is 15.1 Å². The molecule has 1 aliphatic heterocycles. The van der Waals surface area contributed by atoms with Crippen LogP contribution in [0.4, 0.5) is 5.69 Å². The summed E-state index contributed by atoms with van der Waals surface area (Å²) < 4.78 is 5.41. The zero-order chi connectivity index (χ0) is 21.2. The van der Waals surface area contributed by atoms with Crippen molar-refractivity contribution in [2.45, 2.75) is 27.2 Å². The third-order valence-corrected chi connectivity index (χ3v) is 5.31. The van der Waals surface area contributed by atoms with Gasteiger partial charge in [-0.1, -0.05) is 12.1 Å². The second-order valence-corrected chi connectivity index (χ2v) is 7.60. The summed E-state index contributed by atoms with van der Waals surface area (Å²) in [7, 11) is 3.52. The van der Waals surface area contributed by atoms with Gasteiger partial charge in [0, 0.05) is 65.7 Å². The van der Waals surface area contributed by atoms with Crippen LogP contribution in [0.25, 0.3) is 0 Å². The highest BCUT2D eigenvalue weighted by molar-refractivity contribution is 14.0. The number of hydrogen-bond acceptors (Lipinski definition) is 4. The fourth-order valence-corrected chi connectivity index (χ4v) is 3.31. The van der Waals surface area contributed by atoms with E-state index >= 15 is 0 Å². The molecule has 0 bridgehead atoms. The summed E-state index contributed by atoms with van der Waals surface area (Å²) in [6.07, 6.45) is 0.914.